The van der Waals surface area contributed by atoms with Crippen molar-refractivity contribution < 1.29 is 9.59 Å². The molecule has 8 heteroatoms. The fraction of sp³-hybridized carbons (Fsp3) is 0.571. The van der Waals surface area contributed by atoms with Crippen molar-refractivity contribution in [1.82, 2.24) is 20.1 Å². The van der Waals surface area contributed by atoms with Crippen molar-refractivity contribution in [3.8, 4) is 6.07 Å². The molecule has 0 bridgehead atoms. The third-order valence-electron chi connectivity index (χ3n) is 3.34. The summed E-state index contributed by atoms with van der Waals surface area (Å²) in [6, 6.07) is 2.03. The molecular formula is C14H22N6O2. The first-order valence-corrected chi connectivity index (χ1v) is 7.20. The van der Waals surface area contributed by atoms with Crippen LogP contribution in [0.5, 0.6) is 0 Å². The predicted octanol–water partition coefficient (Wildman–Crippen LogP) is 0.692. The van der Waals surface area contributed by atoms with E-state index in [0.717, 1.165) is 0 Å². The van der Waals surface area contributed by atoms with Gasteiger partial charge in [0.1, 0.15) is 11.6 Å². The minimum absolute atomic E-state index is 0.0470. The quantitative estimate of drug-likeness (QED) is 0.721. The zero-order chi connectivity index (χ0) is 16.7. The fourth-order valence-corrected chi connectivity index (χ4v) is 2.08. The van der Waals surface area contributed by atoms with Gasteiger partial charge in [0.15, 0.2) is 5.82 Å². The topological polar surface area (TPSA) is 103 Å². The average molecular weight is 306 g/mol. The first-order valence-electron chi connectivity index (χ1n) is 7.20. The number of hydrazine groups is 1. The molecule has 0 fully saturated rings. The fourth-order valence-electron chi connectivity index (χ4n) is 2.08. The van der Waals surface area contributed by atoms with Crippen molar-refractivity contribution in [3.05, 3.63) is 11.3 Å². The Hall–Kier alpha value is -2.56. The summed E-state index contributed by atoms with van der Waals surface area (Å²) in [5.41, 5.74) is 6.13. The number of amides is 2. The Bertz CT molecular complexity index is 583. The van der Waals surface area contributed by atoms with Gasteiger partial charge < -0.3 is 4.90 Å². The highest BCUT2D eigenvalue weighted by Crippen LogP contribution is 2.16. The summed E-state index contributed by atoms with van der Waals surface area (Å²) in [5.74, 6) is 0.0564. The van der Waals surface area contributed by atoms with Crippen molar-refractivity contribution >= 4 is 17.6 Å². The van der Waals surface area contributed by atoms with Gasteiger partial charge in [0.2, 0.25) is 11.8 Å². The van der Waals surface area contributed by atoms with E-state index in [1.807, 2.05) is 19.9 Å². The summed E-state index contributed by atoms with van der Waals surface area (Å²) in [6.07, 6.45) is 0.242. The van der Waals surface area contributed by atoms with Crippen LogP contribution in [-0.2, 0) is 16.6 Å². The first-order chi connectivity index (χ1) is 10.4. The predicted molar refractivity (Wildman–Crippen MR) is 81.6 cm³/mol. The maximum absolute atomic E-state index is 11.8. The van der Waals surface area contributed by atoms with Crippen LogP contribution in [0.3, 0.4) is 0 Å². The number of nitriles is 1. The average Bonchev–Trinajstić information content (AvgIpc) is 2.77. The second-order valence-corrected chi connectivity index (χ2v) is 4.78. The summed E-state index contributed by atoms with van der Waals surface area (Å²) < 4.78 is 1.48. The smallest absolute Gasteiger partial charge is 0.238 e. The monoisotopic (exact) mass is 306 g/mol. The number of hydrogen-bond acceptors (Lipinski definition) is 5. The van der Waals surface area contributed by atoms with Crippen molar-refractivity contribution in [2.75, 3.05) is 18.5 Å². The Labute approximate surface area is 130 Å². The SMILES string of the molecule is CCN(CC)C(=O)CCC(=O)NNc1c(C#N)c(C)nn1C. The van der Waals surface area contributed by atoms with Crippen LogP contribution in [0.15, 0.2) is 0 Å². The largest absolute Gasteiger partial charge is 0.343 e. The maximum atomic E-state index is 11.8. The van der Waals surface area contributed by atoms with Crippen LogP contribution in [0.25, 0.3) is 0 Å². The molecular weight excluding hydrogens is 284 g/mol. The molecule has 0 unspecified atom stereocenters. The molecule has 0 saturated heterocycles. The Balaban J connectivity index is 2.51. The van der Waals surface area contributed by atoms with Gasteiger partial charge in [-0.15, -0.1) is 0 Å². The highest BCUT2D eigenvalue weighted by molar-refractivity contribution is 5.84. The van der Waals surface area contributed by atoms with Crippen LogP contribution in [0.4, 0.5) is 5.82 Å². The van der Waals surface area contributed by atoms with Crippen LogP contribution in [0.2, 0.25) is 0 Å². The highest BCUT2D eigenvalue weighted by atomic mass is 16.2. The molecule has 1 aromatic rings. The lowest BCUT2D eigenvalue weighted by Gasteiger charge is -2.18. The van der Waals surface area contributed by atoms with Crippen molar-refractivity contribution in [1.29, 1.82) is 5.26 Å². The number of carbonyl (C=O) groups is 2. The number of carbonyl (C=O) groups excluding carboxylic acids is 2. The molecule has 120 valence electrons. The van der Waals surface area contributed by atoms with E-state index < -0.39 is 0 Å². The number of nitrogens with one attached hydrogen (secondary N) is 2. The summed E-state index contributed by atoms with van der Waals surface area (Å²) in [6.45, 7) is 6.78. The molecule has 1 aromatic heterocycles. The van der Waals surface area contributed by atoms with Crippen LogP contribution in [-0.4, -0.2) is 39.6 Å². The molecule has 8 nitrogen and oxygen atoms in total. The van der Waals surface area contributed by atoms with Crippen LogP contribution in [0.1, 0.15) is 37.9 Å². The van der Waals surface area contributed by atoms with Crippen LogP contribution in [0, 0.1) is 18.3 Å². The molecule has 22 heavy (non-hydrogen) atoms. The molecule has 0 aliphatic heterocycles. The second kappa shape index (κ2) is 8.02. The van der Waals surface area contributed by atoms with E-state index in [2.05, 4.69) is 16.0 Å². The molecule has 0 aromatic carbocycles. The van der Waals surface area contributed by atoms with Gasteiger partial charge in [0, 0.05) is 33.0 Å². The third kappa shape index (κ3) is 4.22. The Kier molecular flexibility index (Phi) is 6.38. The van der Waals surface area contributed by atoms with Gasteiger partial charge >= 0.3 is 0 Å². The number of hydrogen-bond donors (Lipinski definition) is 2. The molecule has 0 aliphatic rings. The lowest BCUT2D eigenvalue weighted by atomic mass is 10.2. The number of aryl methyl sites for hydroxylation is 2. The number of anilines is 1. The Morgan fingerprint density at radius 1 is 1.32 bits per heavy atom. The standard InChI is InChI=1S/C14H22N6O2/c1-5-20(6-2)13(22)8-7-12(21)16-17-14-11(9-15)10(3)18-19(14)4/h17H,5-8H2,1-4H3,(H,16,21). The van der Waals surface area contributed by atoms with E-state index in [1.54, 1.807) is 18.9 Å². The van der Waals surface area contributed by atoms with E-state index >= 15 is 0 Å². The maximum Gasteiger partial charge on any atom is 0.238 e. The van der Waals surface area contributed by atoms with Crippen molar-refractivity contribution in [2.24, 2.45) is 7.05 Å². The number of aromatic nitrogens is 2. The van der Waals surface area contributed by atoms with Gasteiger partial charge in [-0.1, -0.05) is 0 Å². The van der Waals surface area contributed by atoms with Gasteiger partial charge in [-0.3, -0.25) is 25.1 Å². The summed E-state index contributed by atoms with van der Waals surface area (Å²) in [7, 11) is 1.67. The van der Waals surface area contributed by atoms with Gasteiger partial charge in [0.05, 0.1) is 5.69 Å². The second-order valence-electron chi connectivity index (χ2n) is 4.78. The van der Waals surface area contributed by atoms with E-state index in [1.165, 1.54) is 4.68 Å². The van der Waals surface area contributed by atoms with Crippen LogP contribution < -0.4 is 10.9 Å². The van der Waals surface area contributed by atoms with E-state index in [9.17, 15) is 9.59 Å². The number of nitrogens with zero attached hydrogens (tertiary/aromatic N) is 4. The van der Waals surface area contributed by atoms with Gasteiger partial charge in [0.25, 0.3) is 0 Å². The molecule has 2 amide bonds. The minimum Gasteiger partial charge on any atom is -0.343 e. The normalized spacial score (nSPS) is 9.95. The molecule has 2 N–H and O–H groups in total. The highest BCUT2D eigenvalue weighted by Gasteiger charge is 2.15. The van der Waals surface area contributed by atoms with E-state index in [0.29, 0.717) is 30.2 Å². The number of rotatable bonds is 7. The lowest BCUT2D eigenvalue weighted by molar-refractivity contribution is -0.133. The van der Waals surface area contributed by atoms with E-state index in [-0.39, 0.29) is 24.7 Å². The molecule has 1 heterocycles. The molecule has 0 atom stereocenters. The minimum atomic E-state index is -0.316. The van der Waals surface area contributed by atoms with Crippen molar-refractivity contribution in [3.63, 3.8) is 0 Å². The Morgan fingerprint density at radius 3 is 2.50 bits per heavy atom. The zero-order valence-corrected chi connectivity index (χ0v) is 13.4. The molecule has 0 radical (unpaired) electrons. The third-order valence-corrected chi connectivity index (χ3v) is 3.34. The summed E-state index contributed by atoms with van der Waals surface area (Å²) >= 11 is 0. The summed E-state index contributed by atoms with van der Waals surface area (Å²) in [4.78, 5) is 25.3. The lowest BCUT2D eigenvalue weighted by Crippen LogP contribution is -2.34. The molecule has 0 spiro atoms. The summed E-state index contributed by atoms with van der Waals surface area (Å²) in [5, 5.41) is 13.2. The van der Waals surface area contributed by atoms with Gasteiger partial charge in [-0.2, -0.15) is 10.4 Å². The van der Waals surface area contributed by atoms with E-state index in [4.69, 9.17) is 5.26 Å². The molecule has 0 aliphatic carbocycles. The van der Waals surface area contributed by atoms with Crippen LogP contribution >= 0.6 is 0 Å². The Morgan fingerprint density at radius 2 is 1.95 bits per heavy atom. The zero-order valence-electron chi connectivity index (χ0n) is 13.4. The van der Waals surface area contributed by atoms with Gasteiger partial charge in [-0.25, -0.2) is 0 Å². The molecule has 1 rings (SSSR count). The van der Waals surface area contributed by atoms with Crippen molar-refractivity contribution in [2.45, 2.75) is 33.6 Å². The first kappa shape index (κ1) is 17.5. The molecule has 0 saturated carbocycles. The van der Waals surface area contributed by atoms with Gasteiger partial charge in [-0.05, 0) is 20.8 Å².